The molecule has 0 bridgehead atoms. The molecule has 4 heteroatoms. The predicted molar refractivity (Wildman–Crippen MR) is 209 cm³/mol. The van der Waals surface area contributed by atoms with Crippen molar-refractivity contribution in [2.45, 2.75) is 0 Å². The standard InChI is InChI=1S/C46H28N2OS/c1-2-9-29(10-3-1)30-19-21-31(22-20-30)32-11-6-12-33(25-32)34-23-24-41-40(27-34)44-45(49-41)43(47-28-48-44)36-14-7-13-35(26-36)37-16-8-17-39-38-15-4-5-18-42(38)50-46(37)39/h1-28H/i1D,2D,3D,4D,5D,6D,8D,9D,10D,11D,12D,13D,14D,15D,16D,17D,18D,19D,20D,21D,22D,25D,26D. The first-order valence-electron chi connectivity index (χ1n) is 26.3. The highest BCUT2D eigenvalue weighted by molar-refractivity contribution is 7.26. The SMILES string of the molecule is [2H]c1cc([2H])c(-c2c([2H])c([2H])c([2H])c3c2sc2c([2H])c([2H])c([2H])c([2H])c23)c([2H])c1-c1ncnc2c1oc1ccc(-c3c([2H])c([2H])c([2H])c(-c4c([2H])c([2H])c(-c5c([2H])c([2H])c([2H])c([2H])c5[2H])c([2H])c4[2H])c3[2H])cc12. The number of thiophene rings is 1. The number of hydrogen-bond donors (Lipinski definition) is 0. The van der Waals surface area contributed by atoms with Gasteiger partial charge in [0.15, 0.2) is 5.58 Å². The Hall–Kier alpha value is -6.36. The van der Waals surface area contributed by atoms with Crippen molar-refractivity contribution in [3.05, 3.63) is 170 Å². The molecular formula is C46H28N2OS. The first-order valence-corrected chi connectivity index (χ1v) is 15.7. The normalized spacial score (nSPS) is 18.0. The number of furan rings is 1. The Bertz CT molecular complexity index is 4150. The van der Waals surface area contributed by atoms with Crippen molar-refractivity contribution in [3.8, 4) is 55.8 Å². The Morgan fingerprint density at radius 2 is 1.20 bits per heavy atom. The third kappa shape index (κ3) is 4.80. The van der Waals surface area contributed by atoms with Crippen molar-refractivity contribution in [2.75, 3.05) is 0 Å². The van der Waals surface area contributed by atoms with Gasteiger partial charge in [-0.15, -0.1) is 11.3 Å². The average Bonchev–Trinajstić information content (AvgIpc) is 3.95. The molecule has 0 amide bonds. The van der Waals surface area contributed by atoms with Gasteiger partial charge in [0.25, 0.3) is 0 Å². The van der Waals surface area contributed by atoms with Gasteiger partial charge in [0, 0.05) is 31.1 Å². The minimum Gasteiger partial charge on any atom is -0.452 e. The number of nitrogens with zero attached hydrogens (tertiary/aromatic N) is 2. The maximum atomic E-state index is 9.55. The molecule has 0 atom stereocenters. The lowest BCUT2D eigenvalue weighted by molar-refractivity contribution is 0.667. The molecule has 50 heavy (non-hydrogen) atoms. The summed E-state index contributed by atoms with van der Waals surface area (Å²) in [5.41, 5.74) is -3.33. The van der Waals surface area contributed by atoms with Gasteiger partial charge in [-0.25, -0.2) is 9.97 Å². The molecule has 10 rings (SSSR count). The molecule has 0 unspecified atom stereocenters. The van der Waals surface area contributed by atoms with E-state index in [9.17, 15) is 2.74 Å². The fourth-order valence-corrected chi connectivity index (χ4v) is 6.68. The van der Waals surface area contributed by atoms with Gasteiger partial charge in [-0.2, -0.15) is 0 Å². The van der Waals surface area contributed by atoms with Crippen LogP contribution in [0.15, 0.2) is 174 Å². The minimum absolute atomic E-state index is 0.0338. The molecule has 0 aliphatic heterocycles. The smallest absolute Gasteiger partial charge is 0.180 e. The van der Waals surface area contributed by atoms with Crippen molar-refractivity contribution in [2.24, 2.45) is 0 Å². The third-order valence-electron chi connectivity index (χ3n) is 7.90. The second-order valence-electron chi connectivity index (χ2n) is 10.8. The third-order valence-corrected chi connectivity index (χ3v) is 9.02. The summed E-state index contributed by atoms with van der Waals surface area (Å²) in [6.07, 6.45) is 1.10. The largest absolute Gasteiger partial charge is 0.452 e. The van der Waals surface area contributed by atoms with Crippen LogP contribution in [0.1, 0.15) is 31.5 Å². The number of benzene rings is 7. The monoisotopic (exact) mass is 679 g/mol. The zero-order chi connectivity index (χ0) is 53.0. The summed E-state index contributed by atoms with van der Waals surface area (Å²) >= 11 is 0.814. The highest BCUT2D eigenvalue weighted by Gasteiger charge is 2.17. The molecule has 0 saturated carbocycles. The van der Waals surface area contributed by atoms with E-state index in [1.165, 1.54) is 18.2 Å². The van der Waals surface area contributed by atoms with Crippen LogP contribution in [0.25, 0.3) is 98.0 Å². The zero-order valence-electron chi connectivity index (χ0n) is 48.1. The fourth-order valence-electron chi connectivity index (χ4n) is 5.60. The van der Waals surface area contributed by atoms with E-state index in [1.54, 1.807) is 0 Å². The van der Waals surface area contributed by atoms with Crippen LogP contribution >= 0.6 is 11.3 Å². The second-order valence-corrected chi connectivity index (χ2v) is 11.8. The van der Waals surface area contributed by atoms with E-state index in [0.717, 1.165) is 23.7 Å². The summed E-state index contributed by atoms with van der Waals surface area (Å²) in [6.45, 7) is 0. The van der Waals surface area contributed by atoms with Gasteiger partial charge in [-0.3, -0.25) is 0 Å². The van der Waals surface area contributed by atoms with Gasteiger partial charge >= 0.3 is 0 Å². The number of hydrogen-bond acceptors (Lipinski definition) is 4. The van der Waals surface area contributed by atoms with E-state index in [4.69, 9.17) is 33.2 Å². The van der Waals surface area contributed by atoms with Crippen LogP contribution in [0.4, 0.5) is 0 Å². The van der Waals surface area contributed by atoms with Gasteiger partial charge in [-0.05, 0) is 74.8 Å². The van der Waals surface area contributed by atoms with Crippen molar-refractivity contribution in [1.29, 1.82) is 0 Å². The highest BCUT2D eigenvalue weighted by Crippen LogP contribution is 2.41. The summed E-state index contributed by atoms with van der Waals surface area (Å²) in [7, 11) is 0. The van der Waals surface area contributed by atoms with E-state index >= 15 is 0 Å². The molecular weight excluding hydrogens is 629 g/mol. The van der Waals surface area contributed by atoms with Gasteiger partial charge in [-0.1, -0.05) is 133 Å². The van der Waals surface area contributed by atoms with Crippen LogP contribution < -0.4 is 0 Å². The Morgan fingerprint density at radius 3 is 2.08 bits per heavy atom. The summed E-state index contributed by atoms with van der Waals surface area (Å²) in [4.78, 5) is 8.78. The lowest BCUT2D eigenvalue weighted by atomic mass is 9.96. The second kappa shape index (κ2) is 11.7. The Balaban J connectivity index is 1.16. The highest BCUT2D eigenvalue weighted by atomic mass is 32.1. The fraction of sp³-hybridized carbons (Fsp3) is 0. The topological polar surface area (TPSA) is 38.9 Å². The molecule has 7 aromatic carbocycles. The number of aromatic nitrogens is 2. The van der Waals surface area contributed by atoms with E-state index in [-0.39, 0.29) is 81.8 Å². The Morgan fingerprint density at radius 1 is 0.520 bits per heavy atom. The van der Waals surface area contributed by atoms with Crippen molar-refractivity contribution >= 4 is 53.6 Å². The van der Waals surface area contributed by atoms with E-state index in [2.05, 4.69) is 9.97 Å². The van der Waals surface area contributed by atoms with E-state index in [0.29, 0.717) is 0 Å². The van der Waals surface area contributed by atoms with Crippen LogP contribution in [-0.2, 0) is 0 Å². The molecule has 0 aliphatic carbocycles. The maximum Gasteiger partial charge on any atom is 0.180 e. The molecule has 0 fully saturated rings. The van der Waals surface area contributed by atoms with Gasteiger partial charge in [0.1, 0.15) is 23.1 Å². The molecule has 0 aliphatic rings. The van der Waals surface area contributed by atoms with Crippen molar-refractivity contribution < 1.29 is 35.9 Å². The number of fused-ring (bicyclic) bond motifs is 6. The molecule has 0 N–H and O–H groups in total. The zero-order valence-corrected chi connectivity index (χ0v) is 25.9. The summed E-state index contributed by atoms with van der Waals surface area (Å²) < 4.78 is 207. The van der Waals surface area contributed by atoms with E-state index in [1.807, 2.05) is 0 Å². The first-order chi connectivity index (χ1) is 34.3. The van der Waals surface area contributed by atoms with Crippen LogP contribution in [0.5, 0.6) is 0 Å². The minimum atomic E-state index is -0.855. The van der Waals surface area contributed by atoms with Gasteiger partial charge in [0.05, 0.1) is 31.5 Å². The molecule has 3 heterocycles. The average molecular weight is 680 g/mol. The molecule has 3 nitrogen and oxygen atoms in total. The number of rotatable bonds is 5. The summed E-state index contributed by atoms with van der Waals surface area (Å²) in [6, 6.07) is -9.82. The lowest BCUT2D eigenvalue weighted by Gasteiger charge is -2.08. The molecule has 3 aromatic heterocycles. The van der Waals surface area contributed by atoms with Gasteiger partial charge < -0.3 is 4.42 Å². The maximum absolute atomic E-state index is 9.55. The van der Waals surface area contributed by atoms with Crippen LogP contribution in [0.3, 0.4) is 0 Å². The van der Waals surface area contributed by atoms with Gasteiger partial charge in [0.2, 0.25) is 0 Å². The van der Waals surface area contributed by atoms with E-state index < -0.39 is 155 Å². The predicted octanol–water partition coefficient (Wildman–Crippen LogP) is 13.1. The van der Waals surface area contributed by atoms with Crippen molar-refractivity contribution in [1.82, 2.24) is 9.97 Å². The van der Waals surface area contributed by atoms with Crippen molar-refractivity contribution in [3.63, 3.8) is 0 Å². The first kappa shape index (κ1) is 13.9. The molecule has 10 aromatic rings. The molecule has 0 spiro atoms. The molecule has 234 valence electrons. The summed E-state index contributed by atoms with van der Waals surface area (Å²) in [5.74, 6) is 0. The lowest BCUT2D eigenvalue weighted by Crippen LogP contribution is -1.88. The van der Waals surface area contributed by atoms with Crippen LogP contribution in [0, 0.1) is 0 Å². The molecule has 0 radical (unpaired) electrons. The Labute approximate surface area is 325 Å². The van der Waals surface area contributed by atoms with Crippen LogP contribution in [-0.4, -0.2) is 9.97 Å². The van der Waals surface area contributed by atoms with Crippen LogP contribution in [0.2, 0.25) is 0 Å². The summed E-state index contributed by atoms with van der Waals surface area (Å²) in [5, 5.41) is 0.0828. The quantitative estimate of drug-likeness (QED) is 0.182. The molecule has 0 saturated heterocycles. The Kier molecular flexibility index (Phi) is 3.23.